The number of carbonyl (C=O) groups is 1. The fraction of sp³-hybridized carbons (Fsp3) is 0.160. The van der Waals surface area contributed by atoms with Crippen LogP contribution < -0.4 is 25.4 Å². The van der Waals surface area contributed by atoms with Crippen LogP contribution in [0, 0.1) is 0 Å². The second-order valence-electron chi connectivity index (χ2n) is 7.45. The number of aromatic nitrogens is 1. The molecule has 0 aliphatic carbocycles. The monoisotopic (exact) mass is 460 g/mol. The van der Waals surface area contributed by atoms with Gasteiger partial charge in [-0.05, 0) is 54.5 Å². The molecule has 7 nitrogen and oxygen atoms in total. The average Bonchev–Trinajstić information content (AvgIpc) is 2.83. The van der Waals surface area contributed by atoms with E-state index in [9.17, 15) is 4.79 Å². The predicted octanol–water partition coefficient (Wildman–Crippen LogP) is 4.10. The van der Waals surface area contributed by atoms with Crippen molar-refractivity contribution in [3.63, 3.8) is 0 Å². The minimum Gasteiger partial charge on any atom is -0.493 e. The van der Waals surface area contributed by atoms with Crippen molar-refractivity contribution in [2.45, 2.75) is 19.6 Å². The molecule has 4 rings (SSSR count). The van der Waals surface area contributed by atoms with Crippen LogP contribution in [-0.2, 0) is 11.4 Å². The maximum atomic E-state index is 13.2. The van der Waals surface area contributed by atoms with E-state index in [-0.39, 0.29) is 5.91 Å². The molecule has 33 heavy (non-hydrogen) atoms. The number of hydrogen-bond acceptors (Lipinski definition) is 5. The van der Waals surface area contributed by atoms with Crippen molar-refractivity contribution >= 4 is 28.9 Å². The minimum absolute atomic E-state index is 0.254. The van der Waals surface area contributed by atoms with Gasteiger partial charge in [-0.15, -0.1) is 0 Å². The van der Waals surface area contributed by atoms with Crippen molar-refractivity contribution in [2.24, 2.45) is 0 Å². The molecule has 2 aromatic carbocycles. The lowest BCUT2D eigenvalue weighted by Crippen LogP contribution is -2.45. The number of nitrogens with one attached hydrogen (secondary N) is 3. The van der Waals surface area contributed by atoms with Gasteiger partial charge in [0.25, 0.3) is 5.91 Å². The number of methoxy groups -OCH3 is 1. The first-order valence-corrected chi connectivity index (χ1v) is 10.8. The number of ether oxygens (including phenoxy) is 2. The highest BCUT2D eigenvalue weighted by Gasteiger charge is 2.30. The molecule has 0 radical (unpaired) electrons. The summed E-state index contributed by atoms with van der Waals surface area (Å²) in [6.07, 6.45) is 3.25. The summed E-state index contributed by atoms with van der Waals surface area (Å²) >= 11 is 5.37. The molecule has 0 spiro atoms. The van der Waals surface area contributed by atoms with Gasteiger partial charge in [-0.2, -0.15) is 0 Å². The molecule has 1 aromatic heterocycles. The quantitative estimate of drug-likeness (QED) is 0.458. The molecule has 0 unspecified atom stereocenters. The minimum atomic E-state index is -0.472. The van der Waals surface area contributed by atoms with Gasteiger partial charge in [0.05, 0.1) is 30.6 Å². The Hall–Kier alpha value is -3.91. The number of rotatable bonds is 7. The summed E-state index contributed by atoms with van der Waals surface area (Å²) in [4.78, 5) is 17.3. The number of nitrogens with zero attached hydrogens (tertiary/aromatic N) is 1. The third-order valence-electron chi connectivity index (χ3n) is 5.19. The van der Waals surface area contributed by atoms with Crippen molar-refractivity contribution < 1.29 is 14.3 Å². The van der Waals surface area contributed by atoms with Gasteiger partial charge in [-0.3, -0.25) is 9.78 Å². The van der Waals surface area contributed by atoms with Gasteiger partial charge in [0.2, 0.25) is 0 Å². The summed E-state index contributed by atoms with van der Waals surface area (Å²) in [6.45, 7) is 2.22. The lowest BCUT2D eigenvalue weighted by atomic mass is 9.94. The summed E-state index contributed by atoms with van der Waals surface area (Å²) in [6, 6.07) is 18.6. The van der Waals surface area contributed by atoms with E-state index in [4.69, 9.17) is 21.7 Å². The maximum Gasteiger partial charge on any atom is 0.255 e. The SMILES string of the molecule is COc1ccc([C@H]2NC(=S)NC(C)=C2C(=O)Nc2cccnc2)cc1OCc1ccccc1. The standard InChI is InChI=1S/C25H24N4O3S/c1-16-22(24(30)28-19-9-6-12-26-14-19)23(29-25(33)27-16)18-10-11-20(31-2)21(13-18)32-15-17-7-4-3-5-8-17/h3-14,23H,15H2,1-2H3,(H,28,30)(H2,27,29,33)/t23-/m1/s1. The van der Waals surface area contributed by atoms with E-state index in [0.717, 1.165) is 11.1 Å². The van der Waals surface area contributed by atoms with Gasteiger partial charge in [-0.25, -0.2) is 0 Å². The van der Waals surface area contributed by atoms with E-state index in [1.807, 2.05) is 55.5 Å². The van der Waals surface area contributed by atoms with Crippen molar-refractivity contribution in [1.29, 1.82) is 0 Å². The number of carbonyl (C=O) groups excluding carboxylic acids is 1. The molecule has 2 heterocycles. The molecule has 0 saturated heterocycles. The molecule has 1 aliphatic rings. The van der Waals surface area contributed by atoms with Crippen LogP contribution in [0.15, 0.2) is 84.3 Å². The van der Waals surface area contributed by atoms with Crippen LogP contribution in [0.5, 0.6) is 11.5 Å². The normalized spacial score (nSPS) is 15.3. The van der Waals surface area contributed by atoms with Crippen LogP contribution in [-0.4, -0.2) is 23.1 Å². The Bertz CT molecular complexity index is 1180. The third kappa shape index (κ3) is 5.30. The number of benzene rings is 2. The molecule has 3 N–H and O–H groups in total. The number of allylic oxidation sites excluding steroid dienone is 1. The van der Waals surface area contributed by atoms with Gasteiger partial charge >= 0.3 is 0 Å². The van der Waals surface area contributed by atoms with E-state index in [1.165, 1.54) is 0 Å². The van der Waals surface area contributed by atoms with Crippen LogP contribution >= 0.6 is 12.2 Å². The van der Waals surface area contributed by atoms with Gasteiger partial charge in [0.15, 0.2) is 16.6 Å². The summed E-state index contributed by atoms with van der Waals surface area (Å²) in [5.74, 6) is 0.929. The van der Waals surface area contributed by atoms with Crippen LogP contribution in [0.4, 0.5) is 5.69 Å². The van der Waals surface area contributed by atoms with E-state index in [1.54, 1.807) is 31.6 Å². The Labute approximate surface area is 197 Å². The fourth-order valence-corrected chi connectivity index (χ4v) is 3.87. The Morgan fingerprint density at radius 3 is 2.67 bits per heavy atom. The number of hydrogen-bond donors (Lipinski definition) is 3. The van der Waals surface area contributed by atoms with Gasteiger partial charge in [0, 0.05) is 11.9 Å². The molecular weight excluding hydrogens is 436 g/mol. The van der Waals surface area contributed by atoms with Crippen molar-refractivity contribution in [3.05, 3.63) is 95.5 Å². The van der Waals surface area contributed by atoms with Gasteiger partial charge in [0.1, 0.15) is 6.61 Å². The second kappa shape index (κ2) is 10.1. The van der Waals surface area contributed by atoms with Crippen molar-refractivity contribution in [1.82, 2.24) is 15.6 Å². The first kappa shape index (κ1) is 22.3. The summed E-state index contributed by atoms with van der Waals surface area (Å²) in [5, 5.41) is 9.60. The first-order chi connectivity index (χ1) is 16.0. The molecule has 8 heteroatoms. The van der Waals surface area contributed by atoms with Crippen LogP contribution in [0.3, 0.4) is 0 Å². The second-order valence-corrected chi connectivity index (χ2v) is 7.86. The first-order valence-electron chi connectivity index (χ1n) is 10.4. The lowest BCUT2D eigenvalue weighted by molar-refractivity contribution is -0.113. The van der Waals surface area contributed by atoms with E-state index in [2.05, 4.69) is 20.9 Å². The Kier molecular flexibility index (Phi) is 6.85. The predicted molar refractivity (Wildman–Crippen MR) is 131 cm³/mol. The van der Waals surface area contributed by atoms with E-state index >= 15 is 0 Å². The summed E-state index contributed by atoms with van der Waals surface area (Å²) < 4.78 is 11.6. The molecule has 0 saturated carbocycles. The highest BCUT2D eigenvalue weighted by Crippen LogP contribution is 2.35. The topological polar surface area (TPSA) is 84.5 Å². The highest BCUT2D eigenvalue weighted by molar-refractivity contribution is 7.80. The number of pyridine rings is 1. The Balaban J connectivity index is 1.64. The third-order valence-corrected chi connectivity index (χ3v) is 5.41. The fourth-order valence-electron chi connectivity index (χ4n) is 3.60. The Morgan fingerprint density at radius 1 is 1.12 bits per heavy atom. The number of amides is 1. The van der Waals surface area contributed by atoms with Crippen LogP contribution in [0.25, 0.3) is 0 Å². The van der Waals surface area contributed by atoms with Crippen LogP contribution in [0.2, 0.25) is 0 Å². The maximum absolute atomic E-state index is 13.2. The zero-order valence-corrected chi connectivity index (χ0v) is 19.1. The molecule has 1 atom stereocenters. The van der Waals surface area contributed by atoms with E-state index in [0.29, 0.717) is 40.2 Å². The van der Waals surface area contributed by atoms with Gasteiger partial charge in [-0.1, -0.05) is 36.4 Å². The van der Waals surface area contributed by atoms with Crippen molar-refractivity contribution in [3.8, 4) is 11.5 Å². The molecule has 3 aromatic rings. The molecule has 168 valence electrons. The highest BCUT2D eigenvalue weighted by atomic mass is 32.1. The summed E-state index contributed by atoms with van der Waals surface area (Å²) in [7, 11) is 1.60. The Morgan fingerprint density at radius 2 is 1.94 bits per heavy atom. The van der Waals surface area contributed by atoms with Crippen LogP contribution in [0.1, 0.15) is 24.1 Å². The number of thiocarbonyl (C=S) groups is 1. The molecular formula is C25H24N4O3S. The van der Waals surface area contributed by atoms with Gasteiger partial charge < -0.3 is 25.4 Å². The van der Waals surface area contributed by atoms with Crippen molar-refractivity contribution in [2.75, 3.05) is 12.4 Å². The summed E-state index contributed by atoms with van der Waals surface area (Å²) in [5.41, 5.74) is 3.66. The van der Waals surface area contributed by atoms with E-state index < -0.39 is 6.04 Å². The zero-order chi connectivity index (χ0) is 23.2. The lowest BCUT2D eigenvalue weighted by Gasteiger charge is -2.30. The molecule has 0 fully saturated rings. The molecule has 1 amide bonds. The molecule has 0 bridgehead atoms. The zero-order valence-electron chi connectivity index (χ0n) is 18.3. The number of anilines is 1. The average molecular weight is 461 g/mol. The smallest absolute Gasteiger partial charge is 0.255 e. The largest absolute Gasteiger partial charge is 0.493 e. The molecule has 1 aliphatic heterocycles.